The van der Waals surface area contributed by atoms with Crippen LogP contribution in [0, 0.1) is 0 Å². The molecule has 2 atom stereocenters. The fraction of sp³-hybridized carbons (Fsp3) is 0.310. The third kappa shape index (κ3) is 10.0. The maximum Gasteiger partial charge on any atom is 0.416 e. The molecule has 0 spiro atoms. The van der Waals surface area contributed by atoms with Gasteiger partial charge in [0.25, 0.3) is 5.91 Å². The predicted molar refractivity (Wildman–Crippen MR) is 208 cm³/mol. The molecule has 2 saturated heterocycles. The minimum absolute atomic E-state index is 0.0423. The monoisotopic (exact) mass is 779 g/mol. The summed E-state index contributed by atoms with van der Waals surface area (Å²) >= 11 is 0. The van der Waals surface area contributed by atoms with Gasteiger partial charge in [0.15, 0.2) is 0 Å². The van der Waals surface area contributed by atoms with Gasteiger partial charge in [-0.15, -0.1) is 5.10 Å². The number of nitrogens with one attached hydrogen (secondary N) is 2. The summed E-state index contributed by atoms with van der Waals surface area (Å²) < 4.78 is 40.5. The Hall–Kier alpha value is -6.06. The number of carbonyl (C=O) groups is 3. The Morgan fingerprint density at radius 2 is 1.30 bits per heavy atom. The summed E-state index contributed by atoms with van der Waals surface area (Å²) in [4.78, 5) is 48.1. The number of alkyl halides is 3. The van der Waals surface area contributed by atoms with Gasteiger partial charge in [-0.25, -0.2) is 9.48 Å². The van der Waals surface area contributed by atoms with Gasteiger partial charge in [0, 0.05) is 70.2 Å². The molecule has 0 unspecified atom stereocenters. The SMILES string of the molecule is O=C(NC(=O)c1ccccc1)N[C@H](c1ccccc1)[C@H](c1ccccc1)N1CCN(C(=O)Cn2cc(CN3CCN(c4ccc(C(F)(F)F)cc4)CC3)nn2)CC1. The van der Waals surface area contributed by atoms with E-state index in [1.165, 1.54) is 12.1 Å². The zero-order valence-electron chi connectivity index (χ0n) is 31.3. The highest BCUT2D eigenvalue weighted by atomic mass is 19.4. The highest BCUT2D eigenvalue weighted by Gasteiger charge is 2.35. The third-order valence-corrected chi connectivity index (χ3v) is 10.4. The molecular formula is C42H44F3N9O3. The second kappa shape index (κ2) is 17.8. The fourth-order valence-corrected chi connectivity index (χ4v) is 7.44. The van der Waals surface area contributed by atoms with Crippen molar-refractivity contribution in [1.29, 1.82) is 0 Å². The normalized spacial score (nSPS) is 16.5. The molecular weight excluding hydrogens is 736 g/mol. The van der Waals surface area contributed by atoms with E-state index in [1.54, 1.807) is 41.2 Å². The molecule has 12 nitrogen and oxygen atoms in total. The summed E-state index contributed by atoms with van der Waals surface area (Å²) in [5.74, 6) is -0.579. The molecule has 296 valence electrons. The van der Waals surface area contributed by atoms with Crippen molar-refractivity contribution in [1.82, 2.24) is 40.3 Å². The standard InChI is InChI=1S/C42H44F3N9O3/c43-42(44,45)34-16-18-36(19-17-34)51-22-20-50(21-23-51)28-35-29-54(49-48-35)30-37(55)52-24-26-53(27-25-52)39(32-12-6-2-7-13-32)38(31-10-4-1-5-11-31)46-41(57)47-40(56)33-14-8-3-9-15-33/h1-19,29,38-39H,20-28,30H2,(H2,46,47,56,57)/t38-,39+/m1/s1. The van der Waals surface area contributed by atoms with Crippen molar-refractivity contribution in [2.24, 2.45) is 0 Å². The molecule has 1 aromatic heterocycles. The van der Waals surface area contributed by atoms with Crippen LogP contribution in [0.5, 0.6) is 0 Å². The fourth-order valence-electron chi connectivity index (χ4n) is 7.44. The van der Waals surface area contributed by atoms with Gasteiger partial charge in [-0.1, -0.05) is 84.1 Å². The molecule has 2 aliphatic rings. The lowest BCUT2D eigenvalue weighted by molar-refractivity contribution is -0.137. The average molecular weight is 780 g/mol. The molecule has 3 heterocycles. The van der Waals surface area contributed by atoms with Crippen LogP contribution in [0.3, 0.4) is 0 Å². The van der Waals surface area contributed by atoms with E-state index in [0.29, 0.717) is 64.5 Å². The minimum Gasteiger partial charge on any atom is -0.369 e. The van der Waals surface area contributed by atoms with Crippen molar-refractivity contribution < 1.29 is 27.6 Å². The van der Waals surface area contributed by atoms with Gasteiger partial charge in [-0.05, 0) is 47.5 Å². The molecule has 0 aliphatic carbocycles. The van der Waals surface area contributed by atoms with Gasteiger partial charge in [0.05, 0.1) is 29.5 Å². The van der Waals surface area contributed by atoms with Crippen LogP contribution in [0.1, 0.15) is 44.8 Å². The Morgan fingerprint density at radius 1 is 0.702 bits per heavy atom. The lowest BCUT2D eigenvalue weighted by atomic mass is 9.91. The van der Waals surface area contributed by atoms with Gasteiger partial charge >= 0.3 is 12.2 Å². The number of rotatable bonds is 11. The summed E-state index contributed by atoms with van der Waals surface area (Å²) in [6.07, 6.45) is -2.58. The molecule has 4 aromatic carbocycles. The van der Waals surface area contributed by atoms with E-state index in [2.05, 4.69) is 35.6 Å². The molecule has 0 saturated carbocycles. The van der Waals surface area contributed by atoms with Crippen LogP contribution in [-0.2, 0) is 24.1 Å². The second-order valence-corrected chi connectivity index (χ2v) is 14.2. The maximum absolute atomic E-state index is 13.5. The van der Waals surface area contributed by atoms with Crippen molar-refractivity contribution in [2.45, 2.75) is 31.3 Å². The topological polar surface area (TPSA) is 119 Å². The van der Waals surface area contributed by atoms with Gasteiger partial charge in [-0.3, -0.25) is 24.7 Å². The third-order valence-electron chi connectivity index (χ3n) is 10.4. The Morgan fingerprint density at radius 3 is 1.91 bits per heavy atom. The van der Waals surface area contributed by atoms with Gasteiger partial charge in [0.1, 0.15) is 6.54 Å². The van der Waals surface area contributed by atoms with Crippen molar-refractivity contribution in [3.05, 3.63) is 149 Å². The Balaban J connectivity index is 0.947. The van der Waals surface area contributed by atoms with Crippen molar-refractivity contribution in [2.75, 3.05) is 57.3 Å². The molecule has 7 rings (SSSR count). The number of carbonyl (C=O) groups excluding carboxylic acids is 3. The largest absolute Gasteiger partial charge is 0.416 e. The van der Waals surface area contributed by atoms with Crippen LogP contribution in [0.15, 0.2) is 121 Å². The van der Waals surface area contributed by atoms with Gasteiger partial charge in [0.2, 0.25) is 5.91 Å². The van der Waals surface area contributed by atoms with Gasteiger partial charge in [-0.2, -0.15) is 13.2 Å². The highest BCUT2D eigenvalue weighted by molar-refractivity contribution is 6.04. The highest BCUT2D eigenvalue weighted by Crippen LogP contribution is 2.35. The van der Waals surface area contributed by atoms with Crippen LogP contribution < -0.4 is 15.5 Å². The van der Waals surface area contributed by atoms with Crippen LogP contribution in [-0.4, -0.2) is 99.9 Å². The van der Waals surface area contributed by atoms with E-state index in [9.17, 15) is 27.6 Å². The maximum atomic E-state index is 13.5. The number of nitrogens with zero attached hydrogens (tertiary/aromatic N) is 7. The number of anilines is 1. The predicted octanol–water partition coefficient (Wildman–Crippen LogP) is 5.39. The lowest BCUT2D eigenvalue weighted by Gasteiger charge is -2.42. The van der Waals surface area contributed by atoms with Gasteiger partial charge < -0.3 is 15.1 Å². The van der Waals surface area contributed by atoms with E-state index in [1.807, 2.05) is 65.6 Å². The van der Waals surface area contributed by atoms with E-state index in [4.69, 9.17) is 0 Å². The van der Waals surface area contributed by atoms with Crippen LogP contribution in [0.4, 0.5) is 23.7 Å². The number of hydrogen-bond acceptors (Lipinski definition) is 8. The molecule has 15 heteroatoms. The number of urea groups is 1. The van der Waals surface area contributed by atoms with Crippen LogP contribution >= 0.6 is 0 Å². The number of hydrogen-bond donors (Lipinski definition) is 2. The molecule has 4 amide bonds. The van der Waals surface area contributed by atoms with E-state index >= 15 is 0 Å². The van der Waals surface area contributed by atoms with Crippen molar-refractivity contribution >= 4 is 23.5 Å². The number of aromatic nitrogens is 3. The first-order valence-electron chi connectivity index (χ1n) is 18.9. The van der Waals surface area contributed by atoms with Crippen molar-refractivity contribution in [3.8, 4) is 0 Å². The zero-order valence-corrected chi connectivity index (χ0v) is 31.3. The van der Waals surface area contributed by atoms with Crippen LogP contribution in [0.2, 0.25) is 0 Å². The number of halogens is 3. The summed E-state index contributed by atoms with van der Waals surface area (Å²) in [5.41, 5.74) is 3.06. The average Bonchev–Trinajstić information content (AvgIpc) is 3.68. The summed E-state index contributed by atoms with van der Waals surface area (Å²) in [6.45, 7) is 5.35. The number of piperazine rings is 2. The van der Waals surface area contributed by atoms with E-state index in [0.717, 1.165) is 34.6 Å². The molecule has 2 N–H and O–H groups in total. The lowest BCUT2D eigenvalue weighted by Crippen LogP contribution is -2.53. The summed E-state index contributed by atoms with van der Waals surface area (Å²) in [5, 5.41) is 14.1. The Kier molecular flexibility index (Phi) is 12.2. The van der Waals surface area contributed by atoms with Crippen LogP contribution in [0.25, 0.3) is 0 Å². The molecule has 2 fully saturated rings. The summed E-state index contributed by atoms with van der Waals surface area (Å²) in [6, 6.07) is 31.9. The minimum atomic E-state index is -4.36. The Labute approximate surface area is 328 Å². The summed E-state index contributed by atoms with van der Waals surface area (Å²) in [7, 11) is 0. The van der Waals surface area contributed by atoms with Crippen molar-refractivity contribution in [3.63, 3.8) is 0 Å². The first-order chi connectivity index (χ1) is 27.6. The first kappa shape index (κ1) is 39.2. The molecule has 57 heavy (non-hydrogen) atoms. The quantitative estimate of drug-likeness (QED) is 0.184. The second-order valence-electron chi connectivity index (χ2n) is 14.2. The first-order valence-corrected chi connectivity index (χ1v) is 18.9. The number of amides is 4. The molecule has 0 radical (unpaired) electrons. The number of imide groups is 1. The number of benzene rings is 4. The molecule has 5 aromatic rings. The van der Waals surface area contributed by atoms with E-state index in [-0.39, 0.29) is 18.5 Å². The molecule has 0 bridgehead atoms. The Bertz CT molecular complexity index is 2090. The smallest absolute Gasteiger partial charge is 0.369 e. The molecule has 2 aliphatic heterocycles. The van der Waals surface area contributed by atoms with E-state index < -0.39 is 29.7 Å². The zero-order chi connectivity index (χ0) is 39.8.